The highest BCUT2D eigenvalue weighted by atomic mass is 16.5. The molecule has 2 aromatic rings. The molecule has 1 N–H and O–H groups in total. The highest BCUT2D eigenvalue weighted by Crippen LogP contribution is 2.24. The van der Waals surface area contributed by atoms with Gasteiger partial charge in [-0.2, -0.15) is 0 Å². The van der Waals surface area contributed by atoms with E-state index in [1.807, 2.05) is 12.1 Å². The Balaban J connectivity index is 1.33. The summed E-state index contributed by atoms with van der Waals surface area (Å²) in [4.78, 5) is 14.9. The van der Waals surface area contributed by atoms with Gasteiger partial charge in [0, 0.05) is 12.5 Å². The topological polar surface area (TPSA) is 41.6 Å². The molecule has 3 rings (SSSR count). The summed E-state index contributed by atoms with van der Waals surface area (Å²) in [5.74, 6) is 1.13. The van der Waals surface area contributed by atoms with Crippen molar-refractivity contribution in [3.05, 3.63) is 65.2 Å². The normalized spacial score (nSPS) is 15.7. The van der Waals surface area contributed by atoms with Crippen molar-refractivity contribution >= 4 is 5.91 Å². The van der Waals surface area contributed by atoms with Crippen LogP contribution in [0.1, 0.15) is 50.3 Å². The van der Waals surface area contributed by atoms with E-state index in [4.69, 9.17) is 4.74 Å². The molecule has 1 aliphatic rings. The second-order valence-electron chi connectivity index (χ2n) is 9.45. The third-order valence-electron chi connectivity index (χ3n) is 5.88. The van der Waals surface area contributed by atoms with Gasteiger partial charge in [0.15, 0.2) is 0 Å². The summed E-state index contributed by atoms with van der Waals surface area (Å²) in [6.07, 6.45) is 1.85. The lowest BCUT2D eigenvalue weighted by atomic mass is 9.87. The molecule has 4 heteroatoms. The first kappa shape index (κ1) is 22.4. The molecule has 1 amide bonds. The quantitative estimate of drug-likeness (QED) is 0.675. The SMILES string of the molecule is Cc1ccc(CN2CCC(C(=O)NCCOc3ccc(C(C)(C)C)cc3)CC2)cc1. The molecule has 0 saturated carbocycles. The van der Waals surface area contributed by atoms with Crippen molar-refractivity contribution in [2.75, 3.05) is 26.2 Å². The molecular formula is C26H36N2O2. The van der Waals surface area contributed by atoms with Crippen molar-refractivity contribution in [3.63, 3.8) is 0 Å². The van der Waals surface area contributed by atoms with Gasteiger partial charge in [-0.05, 0) is 61.5 Å². The number of ether oxygens (including phenoxy) is 1. The zero-order chi connectivity index (χ0) is 21.6. The second-order valence-corrected chi connectivity index (χ2v) is 9.45. The van der Waals surface area contributed by atoms with Crippen molar-refractivity contribution in [2.45, 2.75) is 52.5 Å². The number of hydrogen-bond donors (Lipinski definition) is 1. The first-order chi connectivity index (χ1) is 14.3. The Morgan fingerprint density at radius 1 is 1.03 bits per heavy atom. The highest BCUT2D eigenvalue weighted by molar-refractivity contribution is 5.78. The van der Waals surface area contributed by atoms with Gasteiger partial charge < -0.3 is 10.1 Å². The molecule has 1 saturated heterocycles. The minimum absolute atomic E-state index is 0.116. The largest absolute Gasteiger partial charge is 0.492 e. The Hall–Kier alpha value is -2.33. The van der Waals surface area contributed by atoms with Crippen LogP contribution in [0.2, 0.25) is 0 Å². The van der Waals surface area contributed by atoms with Crippen molar-refractivity contribution in [1.29, 1.82) is 0 Å². The Morgan fingerprint density at radius 2 is 1.67 bits per heavy atom. The number of rotatable bonds is 7. The molecule has 2 aromatic carbocycles. The third kappa shape index (κ3) is 6.60. The van der Waals surface area contributed by atoms with E-state index in [1.54, 1.807) is 0 Å². The van der Waals surface area contributed by atoms with Crippen LogP contribution in [0.15, 0.2) is 48.5 Å². The number of piperidine rings is 1. The minimum Gasteiger partial charge on any atom is -0.492 e. The van der Waals surface area contributed by atoms with E-state index in [2.05, 4.69) is 74.3 Å². The van der Waals surface area contributed by atoms with Gasteiger partial charge in [0.2, 0.25) is 5.91 Å². The predicted molar refractivity (Wildman–Crippen MR) is 123 cm³/mol. The van der Waals surface area contributed by atoms with Crippen LogP contribution < -0.4 is 10.1 Å². The molecule has 30 heavy (non-hydrogen) atoms. The zero-order valence-corrected chi connectivity index (χ0v) is 18.9. The molecule has 0 atom stereocenters. The first-order valence-electron chi connectivity index (χ1n) is 11.1. The van der Waals surface area contributed by atoms with Crippen LogP contribution in [0, 0.1) is 12.8 Å². The second kappa shape index (κ2) is 10.1. The number of nitrogens with one attached hydrogen (secondary N) is 1. The molecule has 0 radical (unpaired) electrons. The third-order valence-corrected chi connectivity index (χ3v) is 5.88. The van der Waals surface area contributed by atoms with Gasteiger partial charge in [-0.25, -0.2) is 0 Å². The van der Waals surface area contributed by atoms with Crippen molar-refractivity contribution < 1.29 is 9.53 Å². The molecule has 0 aromatic heterocycles. The standard InChI is InChI=1S/C26H36N2O2/c1-20-5-7-21(8-6-20)19-28-16-13-22(14-17-28)25(29)27-15-18-30-24-11-9-23(10-12-24)26(2,3)4/h5-12,22H,13-19H2,1-4H3,(H,27,29). The molecule has 4 nitrogen and oxygen atoms in total. The number of nitrogens with zero attached hydrogens (tertiary/aromatic N) is 1. The van der Waals surface area contributed by atoms with E-state index in [9.17, 15) is 4.79 Å². The summed E-state index contributed by atoms with van der Waals surface area (Å²) in [5.41, 5.74) is 4.07. The maximum Gasteiger partial charge on any atom is 0.223 e. The van der Waals surface area contributed by atoms with Gasteiger partial charge in [-0.1, -0.05) is 62.7 Å². The lowest BCUT2D eigenvalue weighted by molar-refractivity contribution is -0.126. The van der Waals surface area contributed by atoms with Crippen LogP contribution in [0.3, 0.4) is 0 Å². The zero-order valence-electron chi connectivity index (χ0n) is 18.9. The van der Waals surface area contributed by atoms with Gasteiger partial charge >= 0.3 is 0 Å². The van der Waals surface area contributed by atoms with Gasteiger partial charge in [0.05, 0.1) is 6.54 Å². The number of amides is 1. The van der Waals surface area contributed by atoms with Crippen LogP contribution >= 0.6 is 0 Å². The van der Waals surface area contributed by atoms with Crippen LogP contribution in [0.5, 0.6) is 5.75 Å². The summed E-state index contributed by atoms with van der Waals surface area (Å²) in [6, 6.07) is 17.0. The number of aryl methyl sites for hydroxylation is 1. The first-order valence-corrected chi connectivity index (χ1v) is 11.1. The van der Waals surface area contributed by atoms with Gasteiger partial charge in [0.25, 0.3) is 0 Å². The Labute approximate surface area is 181 Å². The van der Waals surface area contributed by atoms with Crippen LogP contribution in [0.25, 0.3) is 0 Å². The lowest BCUT2D eigenvalue weighted by Crippen LogP contribution is -2.41. The predicted octanol–water partition coefficient (Wildman–Crippen LogP) is 4.70. The van der Waals surface area contributed by atoms with Gasteiger partial charge in [0.1, 0.15) is 12.4 Å². The van der Waals surface area contributed by atoms with Crippen molar-refractivity contribution in [1.82, 2.24) is 10.2 Å². The molecule has 0 unspecified atom stereocenters. The van der Waals surface area contributed by atoms with Crippen molar-refractivity contribution in [2.24, 2.45) is 5.92 Å². The number of benzene rings is 2. The average Bonchev–Trinajstić information content (AvgIpc) is 2.73. The Bertz CT molecular complexity index is 798. The maximum atomic E-state index is 12.5. The van der Waals surface area contributed by atoms with Gasteiger partial charge in [-0.3, -0.25) is 9.69 Å². The maximum absolute atomic E-state index is 12.5. The molecule has 1 fully saturated rings. The Kier molecular flexibility index (Phi) is 7.54. The summed E-state index contributed by atoms with van der Waals surface area (Å²) >= 11 is 0. The summed E-state index contributed by atoms with van der Waals surface area (Å²) in [7, 11) is 0. The average molecular weight is 409 g/mol. The number of carbonyl (C=O) groups is 1. The molecular weight excluding hydrogens is 372 g/mol. The summed E-state index contributed by atoms with van der Waals surface area (Å²) in [5, 5.41) is 3.05. The van der Waals surface area contributed by atoms with Crippen molar-refractivity contribution in [3.8, 4) is 5.75 Å². The number of likely N-dealkylation sites (tertiary alicyclic amines) is 1. The van der Waals surface area contributed by atoms with E-state index in [0.717, 1.165) is 38.2 Å². The molecule has 1 heterocycles. The lowest BCUT2D eigenvalue weighted by Gasteiger charge is -2.31. The van der Waals surface area contributed by atoms with Gasteiger partial charge in [-0.15, -0.1) is 0 Å². The highest BCUT2D eigenvalue weighted by Gasteiger charge is 2.24. The van der Waals surface area contributed by atoms with E-state index < -0.39 is 0 Å². The van der Waals surface area contributed by atoms with Crippen LogP contribution in [0.4, 0.5) is 0 Å². The summed E-state index contributed by atoms with van der Waals surface area (Å²) in [6.45, 7) is 12.7. The fourth-order valence-corrected chi connectivity index (χ4v) is 3.84. The van der Waals surface area contributed by atoms with E-state index in [1.165, 1.54) is 16.7 Å². The monoisotopic (exact) mass is 408 g/mol. The summed E-state index contributed by atoms with van der Waals surface area (Å²) < 4.78 is 5.78. The van der Waals surface area contributed by atoms with E-state index in [0.29, 0.717) is 13.2 Å². The smallest absolute Gasteiger partial charge is 0.223 e. The molecule has 0 spiro atoms. The molecule has 0 aliphatic carbocycles. The van der Waals surface area contributed by atoms with Crippen LogP contribution in [-0.4, -0.2) is 37.0 Å². The Morgan fingerprint density at radius 3 is 2.27 bits per heavy atom. The van der Waals surface area contributed by atoms with Crippen LogP contribution in [-0.2, 0) is 16.8 Å². The molecule has 1 aliphatic heterocycles. The number of hydrogen-bond acceptors (Lipinski definition) is 3. The fourth-order valence-electron chi connectivity index (χ4n) is 3.84. The van der Waals surface area contributed by atoms with E-state index >= 15 is 0 Å². The van der Waals surface area contributed by atoms with E-state index in [-0.39, 0.29) is 17.2 Å². The minimum atomic E-state index is 0.116. The molecule has 162 valence electrons. The number of carbonyl (C=O) groups excluding carboxylic acids is 1. The molecule has 0 bridgehead atoms. The fraction of sp³-hybridized carbons (Fsp3) is 0.500.